The largest absolute Gasteiger partial charge is 0.393 e. The monoisotopic (exact) mass is 211 g/mol. The average molecular weight is 211 g/mol. The number of aliphatic hydroxyl groups excluding tert-OH is 1. The predicted octanol–water partition coefficient (Wildman–Crippen LogP) is 2.07. The van der Waals surface area contributed by atoms with E-state index in [-0.39, 0.29) is 18.0 Å². The van der Waals surface area contributed by atoms with E-state index in [1.807, 2.05) is 13.0 Å². The van der Waals surface area contributed by atoms with Crippen LogP contribution < -0.4 is 5.32 Å². The molecule has 0 saturated carbocycles. The third-order valence-corrected chi connectivity index (χ3v) is 2.24. The van der Waals surface area contributed by atoms with Gasteiger partial charge in [0, 0.05) is 12.6 Å². The highest BCUT2D eigenvalue weighted by atomic mass is 19.1. The van der Waals surface area contributed by atoms with Gasteiger partial charge in [0.05, 0.1) is 6.10 Å². The molecule has 2 nitrogen and oxygen atoms in total. The molecule has 15 heavy (non-hydrogen) atoms. The zero-order valence-corrected chi connectivity index (χ0v) is 9.20. The van der Waals surface area contributed by atoms with Crippen LogP contribution in [0.25, 0.3) is 0 Å². The van der Waals surface area contributed by atoms with E-state index in [0.29, 0.717) is 13.0 Å². The molecule has 0 spiro atoms. The Labute approximate surface area is 90.1 Å². The van der Waals surface area contributed by atoms with Crippen LogP contribution in [-0.2, 0) is 6.54 Å². The smallest absolute Gasteiger partial charge is 0.123 e. The normalized spacial score (nSPS) is 14.9. The molecular weight excluding hydrogens is 193 g/mol. The quantitative estimate of drug-likeness (QED) is 0.781. The maximum atomic E-state index is 12.8. The summed E-state index contributed by atoms with van der Waals surface area (Å²) in [6.45, 7) is 4.40. The van der Waals surface area contributed by atoms with Crippen molar-refractivity contribution in [1.82, 2.24) is 5.32 Å². The van der Waals surface area contributed by atoms with Crippen LogP contribution in [0.4, 0.5) is 4.39 Å². The minimum atomic E-state index is -0.306. The first-order valence-electron chi connectivity index (χ1n) is 5.24. The Kier molecular flexibility index (Phi) is 4.72. The maximum absolute atomic E-state index is 12.8. The molecule has 0 amide bonds. The van der Waals surface area contributed by atoms with Crippen LogP contribution in [0.15, 0.2) is 24.3 Å². The molecule has 0 aliphatic heterocycles. The van der Waals surface area contributed by atoms with Gasteiger partial charge < -0.3 is 10.4 Å². The van der Waals surface area contributed by atoms with Gasteiger partial charge in [0.2, 0.25) is 0 Å². The number of nitrogens with one attached hydrogen (secondary N) is 1. The lowest BCUT2D eigenvalue weighted by Crippen LogP contribution is -2.28. The average Bonchev–Trinajstić information content (AvgIpc) is 2.14. The lowest BCUT2D eigenvalue weighted by Gasteiger charge is -2.15. The van der Waals surface area contributed by atoms with E-state index < -0.39 is 0 Å². The molecule has 0 aromatic heterocycles. The van der Waals surface area contributed by atoms with Crippen molar-refractivity contribution in [3.05, 3.63) is 35.6 Å². The van der Waals surface area contributed by atoms with Gasteiger partial charge in [0.1, 0.15) is 5.82 Å². The highest BCUT2D eigenvalue weighted by molar-refractivity contribution is 5.15. The van der Waals surface area contributed by atoms with E-state index in [0.717, 1.165) is 5.56 Å². The number of aliphatic hydroxyl groups is 1. The molecule has 1 aromatic rings. The van der Waals surface area contributed by atoms with Gasteiger partial charge in [-0.2, -0.15) is 0 Å². The first-order valence-corrected chi connectivity index (χ1v) is 5.24. The molecule has 2 atom stereocenters. The predicted molar refractivity (Wildman–Crippen MR) is 59.0 cm³/mol. The summed E-state index contributed by atoms with van der Waals surface area (Å²) >= 11 is 0. The third-order valence-electron chi connectivity index (χ3n) is 2.24. The van der Waals surface area contributed by atoms with E-state index >= 15 is 0 Å². The Bertz CT molecular complexity index is 301. The molecule has 0 radical (unpaired) electrons. The second-order valence-corrected chi connectivity index (χ2v) is 4.00. The summed E-state index contributed by atoms with van der Waals surface area (Å²) in [5.74, 6) is -0.211. The second-order valence-electron chi connectivity index (χ2n) is 4.00. The highest BCUT2D eigenvalue weighted by Crippen LogP contribution is 2.04. The molecule has 0 heterocycles. The van der Waals surface area contributed by atoms with Crippen LogP contribution in [-0.4, -0.2) is 17.3 Å². The maximum Gasteiger partial charge on any atom is 0.123 e. The fourth-order valence-electron chi connectivity index (χ4n) is 1.53. The molecule has 0 fully saturated rings. The Morgan fingerprint density at radius 3 is 2.73 bits per heavy atom. The summed E-state index contributed by atoms with van der Waals surface area (Å²) in [5.41, 5.74) is 0.924. The van der Waals surface area contributed by atoms with Gasteiger partial charge in [-0.05, 0) is 38.0 Å². The molecule has 0 saturated heterocycles. The molecular formula is C12H18FNO. The Hall–Kier alpha value is -0.930. The van der Waals surface area contributed by atoms with Crippen molar-refractivity contribution in [2.24, 2.45) is 0 Å². The zero-order chi connectivity index (χ0) is 11.3. The summed E-state index contributed by atoms with van der Waals surface area (Å²) < 4.78 is 12.8. The summed E-state index contributed by atoms with van der Waals surface area (Å²) in [5, 5.41) is 12.4. The van der Waals surface area contributed by atoms with Gasteiger partial charge in [-0.25, -0.2) is 4.39 Å². The van der Waals surface area contributed by atoms with Crippen molar-refractivity contribution in [3.8, 4) is 0 Å². The molecule has 0 aliphatic rings. The standard InChI is InChI=1S/C12H18FNO/c1-9(6-10(2)15)14-8-11-4-3-5-12(13)7-11/h3-5,7,9-10,14-15H,6,8H2,1-2H3. The van der Waals surface area contributed by atoms with Gasteiger partial charge in [-0.15, -0.1) is 0 Å². The fourth-order valence-corrected chi connectivity index (χ4v) is 1.53. The van der Waals surface area contributed by atoms with E-state index in [1.54, 1.807) is 13.0 Å². The summed E-state index contributed by atoms with van der Waals surface area (Å²) in [6, 6.07) is 6.76. The molecule has 0 aliphatic carbocycles. The van der Waals surface area contributed by atoms with Gasteiger partial charge in [-0.3, -0.25) is 0 Å². The van der Waals surface area contributed by atoms with Crippen LogP contribution in [0.1, 0.15) is 25.8 Å². The minimum Gasteiger partial charge on any atom is -0.393 e. The van der Waals surface area contributed by atoms with Crippen LogP contribution in [0.3, 0.4) is 0 Å². The summed E-state index contributed by atoms with van der Waals surface area (Å²) in [6.07, 6.45) is 0.398. The highest BCUT2D eigenvalue weighted by Gasteiger charge is 2.05. The molecule has 0 bridgehead atoms. The summed E-state index contributed by atoms with van der Waals surface area (Å²) in [7, 11) is 0. The van der Waals surface area contributed by atoms with Crippen molar-refractivity contribution in [3.63, 3.8) is 0 Å². The van der Waals surface area contributed by atoms with Crippen LogP contribution in [0.5, 0.6) is 0 Å². The topological polar surface area (TPSA) is 32.3 Å². The van der Waals surface area contributed by atoms with Gasteiger partial charge in [-0.1, -0.05) is 12.1 Å². The number of rotatable bonds is 5. The number of hydrogen-bond donors (Lipinski definition) is 2. The third kappa shape index (κ3) is 4.91. The van der Waals surface area contributed by atoms with Gasteiger partial charge in [0.15, 0.2) is 0 Å². The van der Waals surface area contributed by atoms with Crippen LogP contribution >= 0.6 is 0 Å². The van der Waals surface area contributed by atoms with Crippen molar-refractivity contribution in [2.75, 3.05) is 0 Å². The lowest BCUT2D eigenvalue weighted by molar-refractivity contribution is 0.170. The number of hydrogen-bond acceptors (Lipinski definition) is 2. The van der Waals surface area contributed by atoms with Gasteiger partial charge >= 0.3 is 0 Å². The number of halogens is 1. The second kappa shape index (κ2) is 5.83. The SMILES string of the molecule is CC(O)CC(C)NCc1cccc(F)c1. The van der Waals surface area contributed by atoms with Gasteiger partial charge in [0.25, 0.3) is 0 Å². The number of benzene rings is 1. The Morgan fingerprint density at radius 2 is 2.13 bits per heavy atom. The molecule has 3 heteroatoms. The molecule has 2 unspecified atom stereocenters. The minimum absolute atomic E-state index is 0.211. The molecule has 1 aromatic carbocycles. The van der Waals surface area contributed by atoms with E-state index in [1.165, 1.54) is 12.1 Å². The van der Waals surface area contributed by atoms with Crippen molar-refractivity contribution >= 4 is 0 Å². The Balaban J connectivity index is 2.36. The fraction of sp³-hybridized carbons (Fsp3) is 0.500. The first kappa shape index (κ1) is 12.1. The van der Waals surface area contributed by atoms with Crippen molar-refractivity contribution in [1.29, 1.82) is 0 Å². The van der Waals surface area contributed by atoms with Crippen molar-refractivity contribution in [2.45, 2.75) is 39.0 Å². The lowest BCUT2D eigenvalue weighted by atomic mass is 10.1. The first-order chi connectivity index (χ1) is 7.08. The zero-order valence-electron chi connectivity index (χ0n) is 9.20. The summed E-state index contributed by atoms with van der Waals surface area (Å²) in [4.78, 5) is 0. The molecule has 2 N–H and O–H groups in total. The molecule has 1 rings (SSSR count). The Morgan fingerprint density at radius 1 is 1.40 bits per heavy atom. The van der Waals surface area contributed by atoms with Crippen LogP contribution in [0, 0.1) is 5.82 Å². The van der Waals surface area contributed by atoms with Crippen molar-refractivity contribution < 1.29 is 9.50 Å². The van der Waals surface area contributed by atoms with E-state index in [2.05, 4.69) is 5.32 Å². The van der Waals surface area contributed by atoms with Crippen LogP contribution in [0.2, 0.25) is 0 Å². The van der Waals surface area contributed by atoms with E-state index in [9.17, 15) is 4.39 Å². The van der Waals surface area contributed by atoms with E-state index in [4.69, 9.17) is 5.11 Å². The molecule has 84 valence electrons.